The Bertz CT molecular complexity index is 946. The zero-order valence-electron chi connectivity index (χ0n) is 17.9. The van der Waals surface area contributed by atoms with Gasteiger partial charge in [-0.1, -0.05) is 68.1 Å². The second-order valence-electron chi connectivity index (χ2n) is 7.70. The minimum atomic E-state index is -0.642. The van der Waals surface area contributed by atoms with E-state index in [1.165, 1.54) is 0 Å². The van der Waals surface area contributed by atoms with Crippen molar-refractivity contribution >= 4 is 17.4 Å². The molecule has 0 aromatic heterocycles. The molecule has 5 heteroatoms. The Morgan fingerprint density at radius 2 is 1.80 bits per heavy atom. The predicted molar refractivity (Wildman–Crippen MR) is 117 cm³/mol. The second kappa shape index (κ2) is 9.61. The molecule has 0 spiro atoms. The lowest BCUT2D eigenvalue weighted by atomic mass is 9.95. The van der Waals surface area contributed by atoms with Crippen molar-refractivity contribution in [1.82, 2.24) is 4.90 Å². The number of benzene rings is 2. The van der Waals surface area contributed by atoms with E-state index in [1.54, 1.807) is 24.1 Å². The van der Waals surface area contributed by atoms with Gasteiger partial charge in [-0.2, -0.15) is 0 Å². The molecule has 158 valence electrons. The number of Topliss-reactive ketones (excluding diaryl/α,β-unsaturated/α-hetero) is 1. The number of methoxy groups -OCH3 is 1. The number of carbonyl (C=O) groups is 2. The van der Waals surface area contributed by atoms with Gasteiger partial charge >= 0.3 is 0 Å². The fourth-order valence-electron chi connectivity index (χ4n) is 3.84. The highest BCUT2D eigenvalue weighted by atomic mass is 16.5. The molecule has 1 aliphatic rings. The summed E-state index contributed by atoms with van der Waals surface area (Å²) in [6, 6.07) is 14.0. The van der Waals surface area contributed by atoms with Crippen molar-refractivity contribution in [1.29, 1.82) is 0 Å². The van der Waals surface area contributed by atoms with Gasteiger partial charge < -0.3 is 14.7 Å². The molecule has 1 heterocycles. The summed E-state index contributed by atoms with van der Waals surface area (Å²) in [5, 5.41) is 11.0. The summed E-state index contributed by atoms with van der Waals surface area (Å²) in [7, 11) is 1.58. The third kappa shape index (κ3) is 4.40. The van der Waals surface area contributed by atoms with E-state index in [9.17, 15) is 14.7 Å². The number of aliphatic hydroxyl groups is 1. The van der Waals surface area contributed by atoms with Crippen molar-refractivity contribution in [3.05, 3.63) is 70.8 Å². The quantitative estimate of drug-likeness (QED) is 0.289. The molecule has 1 unspecified atom stereocenters. The van der Waals surface area contributed by atoms with Crippen LogP contribution >= 0.6 is 0 Å². The molecule has 0 saturated carbocycles. The monoisotopic (exact) mass is 407 g/mol. The van der Waals surface area contributed by atoms with Gasteiger partial charge in [-0.25, -0.2) is 0 Å². The van der Waals surface area contributed by atoms with Crippen LogP contribution in [0.2, 0.25) is 0 Å². The highest BCUT2D eigenvalue weighted by Crippen LogP contribution is 2.40. The molecule has 1 amide bonds. The molecule has 1 N–H and O–H groups in total. The first-order valence-electron chi connectivity index (χ1n) is 10.5. The third-order valence-electron chi connectivity index (χ3n) is 5.53. The number of nitrogens with zero attached hydrogens (tertiary/aromatic N) is 1. The molecule has 0 radical (unpaired) electrons. The normalized spacial score (nSPS) is 18.1. The van der Waals surface area contributed by atoms with Gasteiger partial charge in [0.05, 0.1) is 18.7 Å². The number of ether oxygens (including phenoxy) is 1. The summed E-state index contributed by atoms with van der Waals surface area (Å²) in [6.07, 6.45) is 3.97. The first kappa shape index (κ1) is 21.6. The second-order valence-corrected chi connectivity index (χ2v) is 7.70. The van der Waals surface area contributed by atoms with E-state index < -0.39 is 17.7 Å². The number of likely N-dealkylation sites (tertiary alicyclic amines) is 1. The number of unbranched alkanes of at least 4 members (excludes halogenated alkanes) is 3. The van der Waals surface area contributed by atoms with Gasteiger partial charge in [0.1, 0.15) is 11.5 Å². The summed E-state index contributed by atoms with van der Waals surface area (Å²) >= 11 is 0. The van der Waals surface area contributed by atoms with E-state index >= 15 is 0 Å². The molecule has 0 bridgehead atoms. The number of hydrogen-bond donors (Lipinski definition) is 1. The maximum atomic E-state index is 13.0. The summed E-state index contributed by atoms with van der Waals surface area (Å²) in [6.45, 7) is 4.55. The van der Waals surface area contributed by atoms with Crippen LogP contribution < -0.4 is 4.74 Å². The first-order valence-corrected chi connectivity index (χ1v) is 10.5. The van der Waals surface area contributed by atoms with Gasteiger partial charge in [0.2, 0.25) is 0 Å². The Hall–Kier alpha value is -3.08. The van der Waals surface area contributed by atoms with Crippen LogP contribution in [0.15, 0.2) is 54.1 Å². The largest absolute Gasteiger partial charge is 0.507 e. The topological polar surface area (TPSA) is 66.8 Å². The van der Waals surface area contributed by atoms with E-state index in [4.69, 9.17) is 4.74 Å². The molecule has 1 saturated heterocycles. The van der Waals surface area contributed by atoms with E-state index in [0.717, 1.165) is 36.8 Å². The van der Waals surface area contributed by atoms with E-state index in [2.05, 4.69) is 6.92 Å². The minimum Gasteiger partial charge on any atom is -0.507 e. The summed E-state index contributed by atoms with van der Waals surface area (Å²) < 4.78 is 5.34. The lowest BCUT2D eigenvalue weighted by Crippen LogP contribution is -2.30. The van der Waals surface area contributed by atoms with Gasteiger partial charge in [-0.3, -0.25) is 9.59 Å². The van der Waals surface area contributed by atoms with Gasteiger partial charge in [0, 0.05) is 12.1 Å². The Morgan fingerprint density at radius 1 is 1.07 bits per heavy atom. The molecule has 3 rings (SSSR count). The Balaban J connectivity index is 2.08. The fraction of sp³-hybridized carbons (Fsp3) is 0.360. The molecule has 5 nitrogen and oxygen atoms in total. The smallest absolute Gasteiger partial charge is 0.295 e. The van der Waals surface area contributed by atoms with E-state index in [1.807, 2.05) is 43.3 Å². The Kier molecular flexibility index (Phi) is 6.93. The highest BCUT2D eigenvalue weighted by Gasteiger charge is 2.45. The van der Waals surface area contributed by atoms with Gasteiger partial charge in [-0.05, 0) is 31.0 Å². The van der Waals surface area contributed by atoms with Crippen molar-refractivity contribution in [3.63, 3.8) is 0 Å². The maximum absolute atomic E-state index is 13.0. The van der Waals surface area contributed by atoms with Crippen LogP contribution in [0.5, 0.6) is 5.75 Å². The molecule has 30 heavy (non-hydrogen) atoms. The summed E-state index contributed by atoms with van der Waals surface area (Å²) in [5.41, 5.74) is 2.45. The van der Waals surface area contributed by atoms with Crippen LogP contribution in [-0.2, 0) is 9.59 Å². The number of ketones is 1. The third-order valence-corrected chi connectivity index (χ3v) is 5.53. The molecular formula is C25H29NO4. The Morgan fingerprint density at radius 3 is 2.47 bits per heavy atom. The van der Waals surface area contributed by atoms with Crippen LogP contribution in [0, 0.1) is 6.92 Å². The highest BCUT2D eigenvalue weighted by molar-refractivity contribution is 6.46. The number of carbonyl (C=O) groups excluding carboxylic acids is 2. The standard InChI is InChI=1S/C25H29NO4/c1-4-5-6-7-15-26-22(19-9-8-10-20(16-19)30-3)21(24(28)25(26)29)23(27)18-13-11-17(2)12-14-18/h8-14,16,22,27H,4-7,15H2,1-3H3/b23-21+. The van der Waals surface area contributed by atoms with Crippen LogP contribution in [0.1, 0.15) is 55.3 Å². The lowest BCUT2D eigenvalue weighted by Gasteiger charge is -2.25. The molecular weight excluding hydrogens is 378 g/mol. The molecule has 2 aromatic carbocycles. The van der Waals surface area contributed by atoms with Crippen molar-refractivity contribution in [2.24, 2.45) is 0 Å². The van der Waals surface area contributed by atoms with Crippen LogP contribution in [-0.4, -0.2) is 35.4 Å². The number of aryl methyl sites for hydroxylation is 1. The first-order chi connectivity index (χ1) is 14.5. The summed E-state index contributed by atoms with van der Waals surface area (Å²) in [4.78, 5) is 27.5. The van der Waals surface area contributed by atoms with Crippen LogP contribution in [0.4, 0.5) is 0 Å². The van der Waals surface area contributed by atoms with Gasteiger partial charge in [0.25, 0.3) is 11.7 Å². The fourth-order valence-corrected chi connectivity index (χ4v) is 3.84. The number of amides is 1. The number of rotatable bonds is 8. The van der Waals surface area contributed by atoms with Gasteiger partial charge in [0.15, 0.2) is 0 Å². The van der Waals surface area contributed by atoms with Gasteiger partial charge in [-0.15, -0.1) is 0 Å². The minimum absolute atomic E-state index is 0.132. The van der Waals surface area contributed by atoms with Crippen molar-refractivity contribution < 1.29 is 19.4 Å². The predicted octanol–water partition coefficient (Wildman–Crippen LogP) is 5.01. The van der Waals surface area contributed by atoms with Crippen LogP contribution in [0.3, 0.4) is 0 Å². The SMILES string of the molecule is CCCCCCN1C(=O)C(=O)/C(=C(/O)c2ccc(C)cc2)C1c1cccc(OC)c1. The van der Waals surface area contributed by atoms with E-state index in [0.29, 0.717) is 17.9 Å². The van der Waals surface area contributed by atoms with Crippen molar-refractivity contribution in [2.45, 2.75) is 45.6 Å². The van der Waals surface area contributed by atoms with E-state index in [-0.39, 0.29) is 11.3 Å². The molecule has 1 fully saturated rings. The van der Waals surface area contributed by atoms with Crippen molar-refractivity contribution in [2.75, 3.05) is 13.7 Å². The zero-order valence-corrected chi connectivity index (χ0v) is 17.9. The summed E-state index contributed by atoms with van der Waals surface area (Å²) in [5.74, 6) is -0.707. The molecule has 1 atom stereocenters. The lowest BCUT2D eigenvalue weighted by molar-refractivity contribution is -0.139. The van der Waals surface area contributed by atoms with Crippen LogP contribution in [0.25, 0.3) is 5.76 Å². The molecule has 1 aliphatic heterocycles. The Labute approximate surface area is 178 Å². The molecule has 0 aliphatic carbocycles. The van der Waals surface area contributed by atoms with Crippen molar-refractivity contribution in [3.8, 4) is 5.75 Å². The average Bonchev–Trinajstić information content (AvgIpc) is 3.01. The number of aliphatic hydroxyl groups excluding tert-OH is 1. The number of hydrogen-bond acceptors (Lipinski definition) is 4. The average molecular weight is 408 g/mol. The zero-order chi connectivity index (χ0) is 21.7. The maximum Gasteiger partial charge on any atom is 0.295 e. The molecule has 2 aromatic rings.